The molecule has 1 N–H and O–H groups in total. The fraction of sp³-hybridized carbons (Fsp3) is 0.524. The number of nitrogens with one attached hydrogen (secondary N) is 1. The second-order valence-electron chi connectivity index (χ2n) is 8.05. The van der Waals surface area contributed by atoms with Crippen LogP contribution < -0.4 is 14.8 Å². The first-order chi connectivity index (χ1) is 16.4. The summed E-state index contributed by atoms with van der Waals surface area (Å²) in [6.07, 6.45) is -10.2. The summed E-state index contributed by atoms with van der Waals surface area (Å²) in [6.45, 7) is -1.42. The number of hydrogen-bond acceptors (Lipinski definition) is 6. The standard InChI is InChI=1S/C21H21F6N3O5/c1-32-18-13-6-11(21(25,26)27)2-3-16(13)34-9-15(18)28-19(31)14-7-17-30(29-14)5-4-12(35-17)8-33-10-20(22,23)24/h2-3,6-7,12,15,18H,4-5,8-10H2,1H3,(H,28,31)/t12-,15-,18?/m0/s1. The van der Waals surface area contributed by atoms with Crippen molar-refractivity contribution in [1.82, 2.24) is 15.1 Å². The van der Waals surface area contributed by atoms with Gasteiger partial charge in [0.25, 0.3) is 5.91 Å². The molecule has 0 fully saturated rings. The van der Waals surface area contributed by atoms with E-state index in [0.717, 1.165) is 12.1 Å². The minimum Gasteiger partial charge on any atom is -0.491 e. The molecule has 0 spiro atoms. The Bertz CT molecular complexity index is 1070. The predicted octanol–water partition coefficient (Wildman–Crippen LogP) is 3.51. The molecule has 2 aliphatic rings. The molecule has 0 saturated carbocycles. The molecule has 4 rings (SSSR count). The van der Waals surface area contributed by atoms with Crippen molar-refractivity contribution >= 4 is 5.91 Å². The molecule has 2 aliphatic heterocycles. The number of fused-ring (bicyclic) bond motifs is 2. The summed E-state index contributed by atoms with van der Waals surface area (Å²) >= 11 is 0. The maximum absolute atomic E-state index is 13.1. The van der Waals surface area contributed by atoms with E-state index in [1.54, 1.807) is 0 Å². The van der Waals surface area contributed by atoms with Gasteiger partial charge < -0.3 is 24.3 Å². The predicted molar refractivity (Wildman–Crippen MR) is 106 cm³/mol. The van der Waals surface area contributed by atoms with E-state index in [2.05, 4.69) is 15.2 Å². The zero-order valence-corrected chi connectivity index (χ0v) is 18.3. The van der Waals surface area contributed by atoms with E-state index < -0.39 is 48.7 Å². The number of carbonyl (C=O) groups excluding carboxylic acids is 1. The van der Waals surface area contributed by atoms with Crippen LogP contribution in [-0.4, -0.2) is 60.9 Å². The van der Waals surface area contributed by atoms with E-state index in [1.807, 2.05) is 0 Å². The Morgan fingerprint density at radius 1 is 1.23 bits per heavy atom. The highest BCUT2D eigenvalue weighted by Gasteiger charge is 2.37. The molecule has 3 atom stereocenters. The lowest BCUT2D eigenvalue weighted by Gasteiger charge is -2.33. The number of rotatable bonds is 6. The van der Waals surface area contributed by atoms with Crippen LogP contribution in [0.2, 0.25) is 0 Å². The van der Waals surface area contributed by atoms with Crippen LogP contribution in [0.25, 0.3) is 0 Å². The smallest absolute Gasteiger partial charge is 0.416 e. The lowest BCUT2D eigenvalue weighted by molar-refractivity contribution is -0.179. The van der Waals surface area contributed by atoms with E-state index in [4.69, 9.17) is 14.2 Å². The number of aryl methyl sites for hydroxylation is 1. The molecule has 8 nitrogen and oxygen atoms in total. The van der Waals surface area contributed by atoms with Gasteiger partial charge in [0.1, 0.15) is 31.2 Å². The van der Waals surface area contributed by atoms with Gasteiger partial charge in [-0.05, 0) is 18.2 Å². The number of methoxy groups -OCH3 is 1. The highest BCUT2D eigenvalue weighted by Crippen LogP contribution is 2.39. The van der Waals surface area contributed by atoms with E-state index in [0.29, 0.717) is 13.0 Å². The number of nitrogens with zero attached hydrogens (tertiary/aromatic N) is 2. The number of benzene rings is 1. The summed E-state index contributed by atoms with van der Waals surface area (Å²) in [6, 6.07) is 3.55. The molecule has 3 heterocycles. The second-order valence-corrected chi connectivity index (χ2v) is 8.05. The average molecular weight is 509 g/mol. The van der Waals surface area contributed by atoms with Crippen LogP contribution >= 0.6 is 0 Å². The average Bonchev–Trinajstić information content (AvgIpc) is 3.21. The summed E-state index contributed by atoms with van der Waals surface area (Å²) in [7, 11) is 1.31. The van der Waals surface area contributed by atoms with Crippen LogP contribution in [0.4, 0.5) is 26.3 Å². The highest BCUT2D eigenvalue weighted by molar-refractivity contribution is 5.92. The molecule has 0 aliphatic carbocycles. The Kier molecular flexibility index (Phi) is 6.86. The van der Waals surface area contributed by atoms with Gasteiger partial charge in [0.2, 0.25) is 5.88 Å². The van der Waals surface area contributed by atoms with Crippen molar-refractivity contribution in [3.63, 3.8) is 0 Å². The van der Waals surface area contributed by atoms with Crippen LogP contribution in [0, 0.1) is 0 Å². The van der Waals surface area contributed by atoms with Crippen LogP contribution in [-0.2, 0) is 22.2 Å². The Balaban J connectivity index is 1.42. The molecule has 2 aromatic rings. The molecular weight excluding hydrogens is 488 g/mol. The largest absolute Gasteiger partial charge is 0.491 e. The molecule has 0 bridgehead atoms. The van der Waals surface area contributed by atoms with Gasteiger partial charge >= 0.3 is 12.4 Å². The van der Waals surface area contributed by atoms with E-state index in [9.17, 15) is 31.1 Å². The number of ether oxygens (including phenoxy) is 4. The van der Waals surface area contributed by atoms with Gasteiger partial charge in [-0.3, -0.25) is 4.79 Å². The molecule has 14 heteroatoms. The number of carbonyl (C=O) groups is 1. The third kappa shape index (κ3) is 5.81. The molecular formula is C21H21F6N3O5. The van der Waals surface area contributed by atoms with Gasteiger partial charge in [-0.2, -0.15) is 31.4 Å². The third-order valence-electron chi connectivity index (χ3n) is 5.49. The summed E-state index contributed by atoms with van der Waals surface area (Å²) in [5.41, 5.74) is -0.767. The fourth-order valence-corrected chi connectivity index (χ4v) is 3.90. The number of alkyl halides is 6. The van der Waals surface area contributed by atoms with Crippen molar-refractivity contribution < 1.29 is 50.1 Å². The topological polar surface area (TPSA) is 83.8 Å². The van der Waals surface area contributed by atoms with E-state index >= 15 is 0 Å². The molecule has 0 saturated heterocycles. The minimum absolute atomic E-state index is 0.0402. The van der Waals surface area contributed by atoms with Gasteiger partial charge in [-0.25, -0.2) is 4.68 Å². The van der Waals surface area contributed by atoms with Gasteiger partial charge in [-0.1, -0.05) is 0 Å². The van der Waals surface area contributed by atoms with Crippen LogP contribution in [0.3, 0.4) is 0 Å². The summed E-state index contributed by atoms with van der Waals surface area (Å²) < 4.78 is 98.7. The SMILES string of the molecule is COC1c2cc(C(F)(F)F)ccc2OC[C@@H]1NC(=O)c1cc2n(n1)CC[C@@H](COCC(F)(F)F)O2. The van der Waals surface area contributed by atoms with Gasteiger partial charge in [0.15, 0.2) is 5.69 Å². The molecule has 1 unspecified atom stereocenters. The van der Waals surface area contributed by atoms with Crippen molar-refractivity contribution in [2.45, 2.75) is 43.6 Å². The Labute approximate surface area is 195 Å². The molecule has 1 aromatic heterocycles. The zero-order chi connectivity index (χ0) is 25.4. The van der Waals surface area contributed by atoms with Crippen molar-refractivity contribution in [1.29, 1.82) is 0 Å². The number of amides is 1. The molecule has 1 amide bonds. The molecule has 192 valence electrons. The molecule has 0 radical (unpaired) electrons. The molecule has 35 heavy (non-hydrogen) atoms. The Morgan fingerprint density at radius 2 is 2.00 bits per heavy atom. The lowest BCUT2D eigenvalue weighted by atomic mass is 9.96. The number of halogens is 6. The monoisotopic (exact) mass is 509 g/mol. The van der Waals surface area contributed by atoms with Crippen LogP contribution in [0.5, 0.6) is 11.6 Å². The zero-order valence-electron chi connectivity index (χ0n) is 18.3. The lowest BCUT2D eigenvalue weighted by Crippen LogP contribution is -2.46. The van der Waals surface area contributed by atoms with Gasteiger partial charge in [0.05, 0.1) is 18.2 Å². The molecule has 1 aromatic carbocycles. The quantitative estimate of drug-likeness (QED) is 0.601. The first kappa shape index (κ1) is 25.1. The fourth-order valence-electron chi connectivity index (χ4n) is 3.90. The normalized spacial score (nSPS) is 22.0. The van der Waals surface area contributed by atoms with Crippen LogP contribution in [0.1, 0.15) is 34.1 Å². The first-order valence-electron chi connectivity index (χ1n) is 10.5. The van der Waals surface area contributed by atoms with Gasteiger partial charge in [-0.15, -0.1) is 0 Å². The van der Waals surface area contributed by atoms with Crippen molar-refractivity contribution in [2.75, 3.05) is 26.9 Å². The Hall–Kier alpha value is -3.00. The Morgan fingerprint density at radius 3 is 2.69 bits per heavy atom. The minimum atomic E-state index is -4.56. The van der Waals surface area contributed by atoms with Gasteiger partial charge in [0, 0.05) is 31.7 Å². The highest BCUT2D eigenvalue weighted by atomic mass is 19.4. The summed E-state index contributed by atoms with van der Waals surface area (Å²) in [5.74, 6) is -0.239. The summed E-state index contributed by atoms with van der Waals surface area (Å²) in [4.78, 5) is 12.8. The number of aromatic nitrogens is 2. The second kappa shape index (κ2) is 9.57. The maximum atomic E-state index is 13.1. The van der Waals surface area contributed by atoms with Crippen LogP contribution in [0.15, 0.2) is 24.3 Å². The maximum Gasteiger partial charge on any atom is 0.416 e. The van der Waals surface area contributed by atoms with Crippen molar-refractivity contribution in [3.05, 3.63) is 41.1 Å². The summed E-state index contributed by atoms with van der Waals surface area (Å²) in [5, 5.41) is 6.80. The first-order valence-corrected chi connectivity index (χ1v) is 10.5. The third-order valence-corrected chi connectivity index (χ3v) is 5.49. The van der Waals surface area contributed by atoms with Crippen molar-refractivity contribution in [3.8, 4) is 11.6 Å². The van der Waals surface area contributed by atoms with E-state index in [1.165, 1.54) is 23.9 Å². The number of hydrogen-bond donors (Lipinski definition) is 1. The van der Waals surface area contributed by atoms with Crippen molar-refractivity contribution in [2.24, 2.45) is 0 Å². The van der Waals surface area contributed by atoms with E-state index in [-0.39, 0.29) is 36.1 Å².